The standard InChI is InChI=1S/C17H25N6O14P3/c1-22-7-23(14-11(22)15(26)21-17(19)20-14)16-13(25)12(24)10(34-16)6-33-38(27,28)36-40(31,32)37-39(29,30)35-9-4-2-8(18)3-5-9/h2-5,10,12-13,16,24-25H,6-7,18H2,1H3,(H,27,28)(H,29,30)(H,31,32)(H3,19,20,21,26)/t10-,12-,13-,16-/m1/s1. The number of nitrogens with one attached hydrogen (secondary N) is 1. The summed E-state index contributed by atoms with van der Waals surface area (Å²) in [5.41, 5.74) is 10.9. The number of aliphatic hydroxyl groups excluding tert-OH is 2. The first kappa shape index (κ1) is 30.4. The van der Waals surface area contributed by atoms with Gasteiger partial charge in [-0.1, -0.05) is 0 Å². The van der Waals surface area contributed by atoms with Crippen molar-refractivity contribution in [3.8, 4) is 5.75 Å². The summed E-state index contributed by atoms with van der Waals surface area (Å²) in [5, 5.41) is 20.9. The topological polar surface area (TPSA) is 303 Å². The third kappa shape index (κ3) is 6.83. The van der Waals surface area contributed by atoms with E-state index in [9.17, 15) is 43.4 Å². The van der Waals surface area contributed by atoms with Crippen molar-refractivity contribution in [1.82, 2.24) is 9.97 Å². The molecule has 1 aromatic carbocycles. The molecule has 222 valence electrons. The van der Waals surface area contributed by atoms with Gasteiger partial charge < -0.3 is 50.5 Å². The van der Waals surface area contributed by atoms with Crippen molar-refractivity contribution in [1.29, 1.82) is 0 Å². The van der Waals surface area contributed by atoms with Gasteiger partial charge in [0, 0.05) is 12.7 Å². The van der Waals surface area contributed by atoms with Crippen LogP contribution in [0.4, 0.5) is 23.1 Å². The van der Waals surface area contributed by atoms with Gasteiger partial charge in [-0.05, 0) is 24.3 Å². The molecule has 0 spiro atoms. The Morgan fingerprint density at radius 2 is 1.68 bits per heavy atom. The molecule has 0 amide bonds. The summed E-state index contributed by atoms with van der Waals surface area (Å²) in [6, 6.07) is 4.85. The van der Waals surface area contributed by atoms with E-state index in [4.69, 9.17) is 16.2 Å². The molecule has 1 fully saturated rings. The second-order valence-electron chi connectivity index (χ2n) is 8.50. The molecule has 2 aromatic rings. The van der Waals surface area contributed by atoms with Crippen LogP contribution in [0, 0.1) is 0 Å². The van der Waals surface area contributed by atoms with E-state index in [1.54, 1.807) is 7.05 Å². The number of anilines is 4. The van der Waals surface area contributed by atoms with Crippen LogP contribution in [0.5, 0.6) is 5.75 Å². The van der Waals surface area contributed by atoms with Crippen LogP contribution in [0.3, 0.4) is 0 Å². The monoisotopic (exact) mass is 630 g/mol. The van der Waals surface area contributed by atoms with E-state index in [2.05, 4.69) is 27.6 Å². The van der Waals surface area contributed by atoms with Gasteiger partial charge in [-0.25, -0.2) is 13.7 Å². The maximum Gasteiger partial charge on any atom is 0.536 e. The third-order valence-corrected chi connectivity index (χ3v) is 9.69. The lowest BCUT2D eigenvalue weighted by atomic mass is 10.1. The number of hydrogen-bond acceptors (Lipinski definition) is 16. The number of nitrogens with zero attached hydrogens (tertiary/aromatic N) is 3. The zero-order chi connectivity index (χ0) is 29.6. The van der Waals surface area contributed by atoms with Crippen molar-refractivity contribution in [3.63, 3.8) is 0 Å². The lowest BCUT2D eigenvalue weighted by molar-refractivity contribution is -0.0217. The van der Waals surface area contributed by atoms with Gasteiger partial charge in [0.05, 0.1) is 13.3 Å². The number of hydrogen-bond donors (Lipinski definition) is 8. The second-order valence-corrected chi connectivity index (χ2v) is 13.1. The van der Waals surface area contributed by atoms with Crippen LogP contribution >= 0.6 is 23.5 Å². The Balaban J connectivity index is 1.38. The Morgan fingerprint density at radius 1 is 1.05 bits per heavy atom. The molecule has 0 saturated carbocycles. The van der Waals surface area contributed by atoms with Crippen LogP contribution < -0.4 is 31.4 Å². The van der Waals surface area contributed by atoms with E-state index in [-0.39, 0.29) is 35.6 Å². The molecule has 0 aliphatic carbocycles. The summed E-state index contributed by atoms with van der Waals surface area (Å²) >= 11 is 0. The number of nitrogen functional groups attached to an aromatic ring is 2. The second kappa shape index (κ2) is 11.0. The van der Waals surface area contributed by atoms with Crippen molar-refractivity contribution >= 4 is 46.6 Å². The highest BCUT2D eigenvalue weighted by Crippen LogP contribution is 2.67. The molecule has 0 bridgehead atoms. The largest absolute Gasteiger partial charge is 0.536 e. The van der Waals surface area contributed by atoms with Gasteiger partial charge in [0.1, 0.15) is 29.7 Å². The number of fused-ring (bicyclic) bond motifs is 1. The van der Waals surface area contributed by atoms with Crippen molar-refractivity contribution < 1.29 is 61.0 Å². The molecular formula is C17H25N6O14P3. The normalized spacial score (nSPS) is 27.1. The van der Waals surface area contributed by atoms with E-state index >= 15 is 0 Å². The number of rotatable bonds is 10. The fourth-order valence-electron chi connectivity index (χ4n) is 3.85. The quantitative estimate of drug-likeness (QED) is 0.116. The Kier molecular flexibility index (Phi) is 8.37. The highest BCUT2D eigenvalue weighted by atomic mass is 31.3. The number of ether oxygens (including phenoxy) is 1. The van der Waals surface area contributed by atoms with E-state index in [1.807, 2.05) is 0 Å². The van der Waals surface area contributed by atoms with Gasteiger partial charge in [0.2, 0.25) is 5.95 Å². The maximum atomic E-state index is 12.3. The Morgan fingerprint density at radius 3 is 2.33 bits per heavy atom. The molecular weight excluding hydrogens is 605 g/mol. The predicted molar refractivity (Wildman–Crippen MR) is 135 cm³/mol. The van der Waals surface area contributed by atoms with E-state index in [1.165, 1.54) is 21.9 Å². The molecule has 0 radical (unpaired) electrons. The fourth-order valence-corrected chi connectivity index (χ4v) is 7.37. The molecule has 40 heavy (non-hydrogen) atoms. The molecule has 1 saturated heterocycles. The first-order valence-corrected chi connectivity index (χ1v) is 15.5. The third-order valence-electron chi connectivity index (χ3n) is 5.47. The number of aliphatic hydroxyl groups is 2. The molecule has 23 heteroatoms. The van der Waals surface area contributed by atoms with Gasteiger partial charge >= 0.3 is 23.5 Å². The number of phosphoric ester groups is 2. The summed E-state index contributed by atoms with van der Waals surface area (Å²) in [5.74, 6) is -0.485. The van der Waals surface area contributed by atoms with Crippen molar-refractivity contribution in [2.45, 2.75) is 24.5 Å². The molecule has 3 heterocycles. The average molecular weight is 630 g/mol. The van der Waals surface area contributed by atoms with Gasteiger partial charge in [-0.2, -0.15) is 13.6 Å². The number of benzene rings is 1. The highest BCUT2D eigenvalue weighted by molar-refractivity contribution is 7.67. The molecule has 3 unspecified atom stereocenters. The van der Waals surface area contributed by atoms with E-state index < -0.39 is 60.2 Å². The Labute approximate surface area is 224 Å². The zero-order valence-corrected chi connectivity index (χ0v) is 23.0. The van der Waals surface area contributed by atoms with Gasteiger partial charge in [0.15, 0.2) is 12.0 Å². The molecule has 20 nitrogen and oxygen atoms in total. The van der Waals surface area contributed by atoms with Crippen LogP contribution in [0.1, 0.15) is 0 Å². The summed E-state index contributed by atoms with van der Waals surface area (Å²) in [6.45, 7) is -1.01. The van der Waals surface area contributed by atoms with Crippen LogP contribution in [0.25, 0.3) is 0 Å². The Hall–Kier alpha value is -2.57. The SMILES string of the molecule is CN1CN([C@@H]2O[C@H](COP(=O)(O)OP(=O)(O)OP(=O)(O)Oc3ccc(N)cc3)[C@@H](O)[C@H]2O)c2nc(N)[nH]c(=O)c21. The highest BCUT2D eigenvalue weighted by Gasteiger charge is 2.50. The van der Waals surface area contributed by atoms with Crippen LogP contribution in [-0.2, 0) is 31.6 Å². The van der Waals surface area contributed by atoms with Gasteiger partial charge in [-0.3, -0.25) is 19.2 Å². The summed E-state index contributed by atoms with van der Waals surface area (Å²) in [6.07, 6.45) is -6.21. The maximum absolute atomic E-state index is 12.3. The van der Waals surface area contributed by atoms with Gasteiger partial charge in [0.25, 0.3) is 5.56 Å². The summed E-state index contributed by atoms with van der Waals surface area (Å²) in [4.78, 5) is 50.7. The average Bonchev–Trinajstić information content (AvgIpc) is 3.28. The minimum Gasteiger partial charge on any atom is -0.404 e. The fraction of sp³-hybridized carbons (Fsp3) is 0.412. The van der Waals surface area contributed by atoms with Crippen molar-refractivity contribution in [3.05, 3.63) is 34.6 Å². The Bertz CT molecular complexity index is 1460. The smallest absolute Gasteiger partial charge is 0.404 e. The molecule has 10 N–H and O–H groups in total. The molecule has 1 aromatic heterocycles. The van der Waals surface area contributed by atoms with Crippen molar-refractivity contribution in [2.24, 2.45) is 0 Å². The molecule has 4 rings (SSSR count). The van der Waals surface area contributed by atoms with Crippen LogP contribution in [0.15, 0.2) is 29.1 Å². The van der Waals surface area contributed by atoms with Crippen LogP contribution in [-0.4, -0.2) is 79.7 Å². The minimum absolute atomic E-state index is 0.0246. The first-order valence-electron chi connectivity index (χ1n) is 11.0. The number of nitrogens with two attached hydrogens (primary N) is 2. The summed E-state index contributed by atoms with van der Waals surface area (Å²) in [7, 11) is -15.1. The van der Waals surface area contributed by atoms with Crippen LogP contribution in [0.2, 0.25) is 0 Å². The zero-order valence-electron chi connectivity index (χ0n) is 20.3. The molecule has 7 atom stereocenters. The first-order chi connectivity index (χ1) is 18.5. The lowest BCUT2D eigenvalue weighted by Crippen LogP contribution is -2.45. The lowest BCUT2D eigenvalue weighted by Gasteiger charge is -2.27. The predicted octanol–water partition coefficient (Wildman–Crippen LogP) is -0.975. The number of H-pyrrole nitrogens is 1. The minimum atomic E-state index is -5.77. The van der Waals surface area contributed by atoms with E-state index in [0.717, 1.165) is 12.1 Å². The molecule has 2 aliphatic rings. The summed E-state index contributed by atoms with van der Waals surface area (Å²) < 4.78 is 59.2. The number of aromatic amines is 1. The van der Waals surface area contributed by atoms with Gasteiger partial charge in [-0.15, -0.1) is 0 Å². The number of aromatic nitrogens is 2. The van der Waals surface area contributed by atoms with Crippen molar-refractivity contribution in [2.75, 3.05) is 41.6 Å². The molecule has 2 aliphatic heterocycles. The number of phosphoric acid groups is 3. The van der Waals surface area contributed by atoms with E-state index in [0.29, 0.717) is 0 Å².